The Bertz CT molecular complexity index is 912. The minimum absolute atomic E-state index is 0.0401. The van der Waals surface area contributed by atoms with Crippen LogP contribution in [0.15, 0.2) is 42.5 Å². The summed E-state index contributed by atoms with van der Waals surface area (Å²) in [6.45, 7) is 3.87. The first-order valence-corrected chi connectivity index (χ1v) is 10.5. The topological polar surface area (TPSA) is 61.4 Å². The number of halogens is 2. The summed E-state index contributed by atoms with van der Waals surface area (Å²) in [5, 5.41) is 7.62. The molecule has 2 N–H and O–H groups in total. The number of hydrogen-bond acceptors (Lipinski definition) is 3. The maximum absolute atomic E-state index is 12.9. The molecular weight excluding hydrogens is 409 g/mol. The molecule has 2 fully saturated rings. The third-order valence-electron chi connectivity index (χ3n) is 5.77. The molecule has 2 aliphatic rings. The van der Waals surface area contributed by atoms with Crippen molar-refractivity contribution in [3.05, 3.63) is 63.6 Å². The van der Waals surface area contributed by atoms with Gasteiger partial charge in [0.15, 0.2) is 0 Å². The molecule has 0 radical (unpaired) electrons. The summed E-state index contributed by atoms with van der Waals surface area (Å²) in [5.41, 5.74) is 2.45. The van der Waals surface area contributed by atoms with Gasteiger partial charge in [-0.2, -0.15) is 0 Å². The number of rotatable bonds is 4. The van der Waals surface area contributed by atoms with E-state index in [9.17, 15) is 9.59 Å². The van der Waals surface area contributed by atoms with Crippen molar-refractivity contribution in [2.45, 2.75) is 19.4 Å². The smallest absolute Gasteiger partial charge is 0.253 e. The lowest BCUT2D eigenvalue weighted by Crippen LogP contribution is -2.36. The summed E-state index contributed by atoms with van der Waals surface area (Å²) < 4.78 is 0. The summed E-state index contributed by atoms with van der Waals surface area (Å²) in [7, 11) is 0. The molecule has 29 heavy (non-hydrogen) atoms. The van der Waals surface area contributed by atoms with E-state index in [2.05, 4.69) is 10.6 Å². The van der Waals surface area contributed by atoms with Gasteiger partial charge in [-0.3, -0.25) is 9.59 Å². The molecule has 0 aliphatic carbocycles. The average molecular weight is 432 g/mol. The number of hydrogen-bond donors (Lipinski definition) is 2. The summed E-state index contributed by atoms with van der Waals surface area (Å²) in [5.74, 6) is 0.780. The number of benzene rings is 2. The van der Waals surface area contributed by atoms with Crippen LogP contribution in [0.5, 0.6) is 0 Å². The van der Waals surface area contributed by atoms with Crippen LogP contribution >= 0.6 is 23.2 Å². The molecule has 7 heteroatoms. The predicted octanol–water partition coefficient (Wildman–Crippen LogP) is 3.85. The van der Waals surface area contributed by atoms with Gasteiger partial charge in [-0.1, -0.05) is 23.2 Å². The van der Waals surface area contributed by atoms with E-state index in [4.69, 9.17) is 23.2 Å². The lowest BCUT2D eigenvalue weighted by Gasteiger charge is -2.22. The monoisotopic (exact) mass is 431 g/mol. The highest BCUT2D eigenvalue weighted by atomic mass is 35.5. The van der Waals surface area contributed by atoms with E-state index in [0.717, 1.165) is 31.6 Å². The highest BCUT2D eigenvalue weighted by Gasteiger charge is 2.43. The van der Waals surface area contributed by atoms with Crippen LogP contribution in [-0.4, -0.2) is 42.4 Å². The first-order chi connectivity index (χ1) is 13.9. The molecule has 1 unspecified atom stereocenters. The number of anilines is 1. The number of amides is 2. The molecule has 0 aromatic heterocycles. The minimum atomic E-state index is -0.129. The molecular formula is C22H23Cl2N3O2. The first kappa shape index (κ1) is 20.2. The number of nitrogens with zero attached hydrogens (tertiary/aromatic N) is 1. The molecule has 2 saturated heterocycles. The predicted molar refractivity (Wildman–Crippen MR) is 116 cm³/mol. The molecule has 2 amide bonds. The minimum Gasteiger partial charge on any atom is -0.338 e. The van der Waals surface area contributed by atoms with E-state index in [0.29, 0.717) is 39.2 Å². The van der Waals surface area contributed by atoms with E-state index in [1.54, 1.807) is 30.3 Å². The van der Waals surface area contributed by atoms with Crippen LogP contribution in [0.1, 0.15) is 22.8 Å². The molecule has 2 aliphatic heterocycles. The molecule has 4 rings (SSSR count). The van der Waals surface area contributed by atoms with Crippen molar-refractivity contribution in [1.29, 1.82) is 0 Å². The van der Waals surface area contributed by atoms with Crippen molar-refractivity contribution in [2.75, 3.05) is 25.0 Å². The van der Waals surface area contributed by atoms with Gasteiger partial charge in [-0.05, 0) is 66.3 Å². The van der Waals surface area contributed by atoms with Crippen LogP contribution in [0, 0.1) is 11.8 Å². The van der Waals surface area contributed by atoms with Crippen LogP contribution in [0.25, 0.3) is 0 Å². The number of fused-ring (bicyclic) bond motifs is 1. The van der Waals surface area contributed by atoms with Crippen molar-refractivity contribution in [3.63, 3.8) is 0 Å². The number of likely N-dealkylation sites (tertiary alicyclic amines) is 1. The SMILES string of the molecule is CC(=O)Nc1ccc(C(=O)N2C[C@H]3CNC(Cc4cc(Cl)cc(Cl)c4)[C@@H]3C2)cc1. The number of carbonyl (C=O) groups is 2. The second-order valence-electron chi connectivity index (χ2n) is 7.89. The lowest BCUT2D eigenvalue weighted by molar-refractivity contribution is -0.114. The van der Waals surface area contributed by atoms with Gasteiger partial charge < -0.3 is 15.5 Å². The van der Waals surface area contributed by atoms with Crippen LogP contribution in [0.3, 0.4) is 0 Å². The molecule has 0 spiro atoms. The fraction of sp³-hybridized carbons (Fsp3) is 0.364. The quantitative estimate of drug-likeness (QED) is 0.772. The summed E-state index contributed by atoms with van der Waals surface area (Å²) >= 11 is 12.3. The molecule has 2 aromatic carbocycles. The van der Waals surface area contributed by atoms with Crippen LogP contribution < -0.4 is 10.6 Å². The van der Waals surface area contributed by atoms with Gasteiger partial charge in [0.25, 0.3) is 5.91 Å². The second kappa shape index (κ2) is 8.34. The molecule has 2 heterocycles. The van der Waals surface area contributed by atoms with Crippen molar-refractivity contribution in [1.82, 2.24) is 10.2 Å². The van der Waals surface area contributed by atoms with E-state index >= 15 is 0 Å². The number of nitrogens with one attached hydrogen (secondary N) is 2. The largest absolute Gasteiger partial charge is 0.338 e. The third kappa shape index (κ3) is 4.58. The summed E-state index contributed by atoms with van der Waals surface area (Å²) in [6, 6.07) is 13.0. The van der Waals surface area contributed by atoms with E-state index < -0.39 is 0 Å². The van der Waals surface area contributed by atoms with E-state index in [1.165, 1.54) is 6.92 Å². The number of carbonyl (C=O) groups excluding carboxylic acids is 2. The van der Waals surface area contributed by atoms with Crippen molar-refractivity contribution < 1.29 is 9.59 Å². The maximum atomic E-state index is 12.9. The van der Waals surface area contributed by atoms with Crippen molar-refractivity contribution >= 4 is 40.7 Å². The second-order valence-corrected chi connectivity index (χ2v) is 8.76. The summed E-state index contributed by atoms with van der Waals surface area (Å²) in [6.07, 6.45) is 0.842. The van der Waals surface area contributed by atoms with Gasteiger partial charge in [0.05, 0.1) is 0 Å². The molecule has 0 saturated carbocycles. The zero-order valence-electron chi connectivity index (χ0n) is 16.1. The van der Waals surface area contributed by atoms with E-state index in [-0.39, 0.29) is 11.8 Å². The Balaban J connectivity index is 1.41. The molecule has 3 atom stereocenters. The standard InChI is InChI=1S/C22H23Cl2N3O2/c1-13(28)26-19-4-2-15(3-5-19)22(29)27-11-16-10-25-21(20(16)12-27)8-14-6-17(23)9-18(24)7-14/h2-7,9,16,20-21,25H,8,10-12H2,1H3,(H,26,28)/t16-,20-,21?/m1/s1. The zero-order chi connectivity index (χ0) is 20.5. The Morgan fingerprint density at radius 1 is 1.10 bits per heavy atom. The van der Waals surface area contributed by atoms with Gasteiger partial charge in [0.2, 0.25) is 5.91 Å². The molecule has 2 aromatic rings. The van der Waals surface area contributed by atoms with Crippen LogP contribution in [0.2, 0.25) is 10.0 Å². The van der Waals surface area contributed by atoms with Gasteiger partial charge in [0.1, 0.15) is 0 Å². The van der Waals surface area contributed by atoms with Gasteiger partial charge in [-0.25, -0.2) is 0 Å². The summed E-state index contributed by atoms with van der Waals surface area (Å²) in [4.78, 5) is 26.0. The Labute approximate surface area is 180 Å². The Hall–Kier alpha value is -2.08. The van der Waals surface area contributed by atoms with Crippen molar-refractivity contribution in [2.24, 2.45) is 11.8 Å². The fourth-order valence-electron chi connectivity index (χ4n) is 4.48. The third-order valence-corrected chi connectivity index (χ3v) is 6.20. The average Bonchev–Trinajstić information content (AvgIpc) is 3.22. The molecule has 152 valence electrons. The molecule has 0 bridgehead atoms. The Morgan fingerprint density at radius 2 is 1.79 bits per heavy atom. The van der Waals surface area contributed by atoms with Gasteiger partial charge in [0, 0.05) is 53.9 Å². The van der Waals surface area contributed by atoms with E-state index in [1.807, 2.05) is 17.0 Å². The van der Waals surface area contributed by atoms with Crippen LogP contribution in [0.4, 0.5) is 5.69 Å². The maximum Gasteiger partial charge on any atom is 0.253 e. The van der Waals surface area contributed by atoms with Gasteiger partial charge >= 0.3 is 0 Å². The highest BCUT2D eigenvalue weighted by Crippen LogP contribution is 2.34. The van der Waals surface area contributed by atoms with Crippen molar-refractivity contribution in [3.8, 4) is 0 Å². The highest BCUT2D eigenvalue weighted by molar-refractivity contribution is 6.34. The first-order valence-electron chi connectivity index (χ1n) is 9.74. The fourth-order valence-corrected chi connectivity index (χ4v) is 5.05. The van der Waals surface area contributed by atoms with Crippen LogP contribution in [-0.2, 0) is 11.2 Å². The zero-order valence-corrected chi connectivity index (χ0v) is 17.6. The normalized spacial score (nSPS) is 23.1. The molecule has 5 nitrogen and oxygen atoms in total. The Kier molecular flexibility index (Phi) is 5.81. The van der Waals surface area contributed by atoms with Gasteiger partial charge in [-0.15, -0.1) is 0 Å². The lowest BCUT2D eigenvalue weighted by atomic mass is 9.90. The Morgan fingerprint density at radius 3 is 2.45 bits per heavy atom.